The number of hydrogen-bond acceptors (Lipinski definition) is 2. The van der Waals surface area contributed by atoms with E-state index in [4.69, 9.17) is 0 Å². The van der Waals surface area contributed by atoms with Crippen molar-refractivity contribution in [2.24, 2.45) is 0 Å². The van der Waals surface area contributed by atoms with Gasteiger partial charge in [-0.15, -0.1) is 6.58 Å². The van der Waals surface area contributed by atoms with E-state index in [2.05, 4.69) is 16.8 Å². The van der Waals surface area contributed by atoms with E-state index in [0.717, 1.165) is 38.3 Å². The molecule has 0 aliphatic carbocycles. The molecule has 0 unspecified atom stereocenters. The Bertz CT molecular complexity index is 419. The number of benzene rings is 1. The minimum atomic E-state index is -1.43. The first-order valence-corrected chi connectivity index (χ1v) is 5.85. The van der Waals surface area contributed by atoms with Gasteiger partial charge in [-0.25, -0.2) is 13.2 Å². The van der Waals surface area contributed by atoms with Crippen molar-refractivity contribution in [3.63, 3.8) is 0 Å². The molecule has 1 heterocycles. The molecule has 2 rings (SSSR count). The molecule has 1 saturated heterocycles. The fourth-order valence-electron chi connectivity index (χ4n) is 2.20. The smallest absolute Gasteiger partial charge is 0.194 e. The summed E-state index contributed by atoms with van der Waals surface area (Å²) in [6.45, 7) is 6.85. The van der Waals surface area contributed by atoms with Gasteiger partial charge in [-0.3, -0.25) is 4.90 Å². The fourth-order valence-corrected chi connectivity index (χ4v) is 2.20. The third kappa shape index (κ3) is 2.57. The van der Waals surface area contributed by atoms with Gasteiger partial charge in [-0.1, -0.05) is 6.08 Å². The van der Waals surface area contributed by atoms with Gasteiger partial charge in [0.05, 0.1) is 6.04 Å². The molecule has 0 aromatic heterocycles. The molecule has 0 spiro atoms. The highest BCUT2D eigenvalue weighted by Gasteiger charge is 2.22. The van der Waals surface area contributed by atoms with E-state index in [1.54, 1.807) is 6.08 Å². The Labute approximate surface area is 104 Å². The number of nitrogens with one attached hydrogen (secondary N) is 1. The maximum Gasteiger partial charge on any atom is 0.194 e. The summed E-state index contributed by atoms with van der Waals surface area (Å²) in [5.74, 6) is -3.75. The lowest BCUT2D eigenvalue weighted by Crippen LogP contribution is -2.44. The summed E-state index contributed by atoms with van der Waals surface area (Å²) in [5, 5.41) is 3.19. The monoisotopic (exact) mass is 256 g/mol. The van der Waals surface area contributed by atoms with Crippen molar-refractivity contribution >= 4 is 0 Å². The third-order valence-corrected chi connectivity index (χ3v) is 3.12. The summed E-state index contributed by atoms with van der Waals surface area (Å²) in [4.78, 5) is 2.05. The average molecular weight is 256 g/mol. The zero-order valence-corrected chi connectivity index (χ0v) is 9.93. The van der Waals surface area contributed by atoms with Crippen LogP contribution in [0.4, 0.5) is 13.2 Å². The van der Waals surface area contributed by atoms with E-state index in [0.29, 0.717) is 5.56 Å². The molecule has 1 aromatic carbocycles. The molecule has 98 valence electrons. The van der Waals surface area contributed by atoms with E-state index in [1.807, 2.05) is 0 Å². The van der Waals surface area contributed by atoms with Gasteiger partial charge in [0.25, 0.3) is 0 Å². The quantitative estimate of drug-likeness (QED) is 0.659. The van der Waals surface area contributed by atoms with Gasteiger partial charge in [-0.2, -0.15) is 0 Å². The molecule has 1 fully saturated rings. The number of rotatable bonds is 3. The van der Waals surface area contributed by atoms with E-state index in [1.165, 1.54) is 0 Å². The van der Waals surface area contributed by atoms with Crippen LogP contribution in [0, 0.1) is 17.5 Å². The largest absolute Gasteiger partial charge is 0.314 e. The first kappa shape index (κ1) is 13.1. The Balaban J connectivity index is 2.29. The number of halogens is 3. The molecular weight excluding hydrogens is 241 g/mol. The lowest BCUT2D eigenvalue weighted by atomic mass is 10.0. The standard InChI is InChI=1S/C13H15F3N2/c1-2-12(18-5-3-17-4-6-18)9-7-10(14)13(16)11(15)8-9/h2,7-8,12,17H,1,3-6H2/t12-/m0/s1. The molecule has 5 heteroatoms. The third-order valence-electron chi connectivity index (χ3n) is 3.12. The van der Waals surface area contributed by atoms with Crippen molar-refractivity contribution in [2.45, 2.75) is 6.04 Å². The van der Waals surface area contributed by atoms with Crippen LogP contribution in [0.25, 0.3) is 0 Å². The molecular formula is C13H15F3N2. The highest BCUT2D eigenvalue weighted by molar-refractivity contribution is 5.25. The Kier molecular flexibility index (Phi) is 4.04. The van der Waals surface area contributed by atoms with Gasteiger partial charge in [0.1, 0.15) is 0 Å². The highest BCUT2D eigenvalue weighted by Crippen LogP contribution is 2.25. The SMILES string of the molecule is C=C[C@@H](c1cc(F)c(F)c(F)c1)N1CCNCC1. The molecule has 1 aliphatic heterocycles. The summed E-state index contributed by atoms with van der Waals surface area (Å²) in [6, 6.07) is 1.77. The summed E-state index contributed by atoms with van der Waals surface area (Å²) in [5.41, 5.74) is 0.392. The first-order chi connectivity index (χ1) is 8.63. The van der Waals surface area contributed by atoms with Crippen LogP contribution in [0.2, 0.25) is 0 Å². The van der Waals surface area contributed by atoms with E-state index in [9.17, 15) is 13.2 Å². The Morgan fingerprint density at radius 2 is 1.72 bits per heavy atom. The predicted molar refractivity (Wildman–Crippen MR) is 63.7 cm³/mol. The lowest BCUT2D eigenvalue weighted by Gasteiger charge is -2.33. The van der Waals surface area contributed by atoms with Crippen LogP contribution in [-0.2, 0) is 0 Å². The zero-order valence-electron chi connectivity index (χ0n) is 9.93. The second-order valence-electron chi connectivity index (χ2n) is 4.27. The van der Waals surface area contributed by atoms with Crippen molar-refractivity contribution in [3.05, 3.63) is 47.8 Å². The first-order valence-electron chi connectivity index (χ1n) is 5.85. The summed E-state index contributed by atoms with van der Waals surface area (Å²) in [6.07, 6.45) is 1.62. The minimum absolute atomic E-state index is 0.295. The van der Waals surface area contributed by atoms with Crippen molar-refractivity contribution < 1.29 is 13.2 Å². The van der Waals surface area contributed by atoms with Crippen LogP contribution in [0.3, 0.4) is 0 Å². The fraction of sp³-hybridized carbons (Fsp3) is 0.385. The molecule has 1 aromatic rings. The normalized spacial score (nSPS) is 18.6. The van der Waals surface area contributed by atoms with Gasteiger partial charge < -0.3 is 5.32 Å². The van der Waals surface area contributed by atoms with Crippen LogP contribution in [0.5, 0.6) is 0 Å². The molecule has 18 heavy (non-hydrogen) atoms. The molecule has 0 radical (unpaired) electrons. The van der Waals surface area contributed by atoms with Crippen LogP contribution >= 0.6 is 0 Å². The van der Waals surface area contributed by atoms with E-state index < -0.39 is 17.5 Å². The second-order valence-corrected chi connectivity index (χ2v) is 4.27. The summed E-state index contributed by atoms with van der Waals surface area (Å²) in [7, 11) is 0. The Hall–Kier alpha value is -1.33. The summed E-state index contributed by atoms with van der Waals surface area (Å²) < 4.78 is 39.4. The minimum Gasteiger partial charge on any atom is -0.314 e. The van der Waals surface area contributed by atoms with Gasteiger partial charge >= 0.3 is 0 Å². The zero-order chi connectivity index (χ0) is 13.1. The van der Waals surface area contributed by atoms with Gasteiger partial charge in [0.15, 0.2) is 17.5 Å². The topological polar surface area (TPSA) is 15.3 Å². The number of hydrogen-bond donors (Lipinski definition) is 1. The van der Waals surface area contributed by atoms with Gasteiger partial charge in [0.2, 0.25) is 0 Å². The van der Waals surface area contributed by atoms with Crippen LogP contribution < -0.4 is 5.32 Å². The maximum absolute atomic E-state index is 13.2. The molecule has 1 aliphatic rings. The van der Waals surface area contributed by atoms with Crippen molar-refractivity contribution in [1.82, 2.24) is 10.2 Å². The van der Waals surface area contributed by atoms with Crippen molar-refractivity contribution in [1.29, 1.82) is 0 Å². The maximum atomic E-state index is 13.2. The molecule has 0 amide bonds. The lowest BCUT2D eigenvalue weighted by molar-refractivity contribution is 0.202. The van der Waals surface area contributed by atoms with Crippen molar-refractivity contribution in [3.8, 4) is 0 Å². The summed E-state index contributed by atoms with van der Waals surface area (Å²) >= 11 is 0. The Morgan fingerprint density at radius 3 is 2.22 bits per heavy atom. The number of nitrogens with zero attached hydrogens (tertiary/aromatic N) is 1. The second kappa shape index (κ2) is 5.54. The molecule has 2 nitrogen and oxygen atoms in total. The Morgan fingerprint density at radius 1 is 1.17 bits per heavy atom. The van der Waals surface area contributed by atoms with Gasteiger partial charge in [0, 0.05) is 26.2 Å². The predicted octanol–water partition coefficient (Wildman–Crippen LogP) is 2.24. The van der Waals surface area contributed by atoms with E-state index >= 15 is 0 Å². The van der Waals surface area contributed by atoms with Crippen molar-refractivity contribution in [2.75, 3.05) is 26.2 Å². The molecule has 0 bridgehead atoms. The average Bonchev–Trinajstić information content (AvgIpc) is 2.38. The molecule has 0 saturated carbocycles. The van der Waals surface area contributed by atoms with Crippen LogP contribution in [0.1, 0.15) is 11.6 Å². The molecule has 1 atom stereocenters. The van der Waals surface area contributed by atoms with Crippen LogP contribution in [-0.4, -0.2) is 31.1 Å². The molecule has 1 N–H and O–H groups in total. The van der Waals surface area contributed by atoms with Crippen LogP contribution in [0.15, 0.2) is 24.8 Å². The van der Waals surface area contributed by atoms with E-state index in [-0.39, 0.29) is 6.04 Å². The van der Waals surface area contributed by atoms with Gasteiger partial charge in [-0.05, 0) is 17.7 Å². The highest BCUT2D eigenvalue weighted by atomic mass is 19.2. The number of piperazine rings is 1.